The van der Waals surface area contributed by atoms with Crippen LogP contribution in [-0.2, 0) is 9.59 Å². The fraction of sp³-hybridized carbons (Fsp3) is 0.600. The Morgan fingerprint density at radius 2 is 1.69 bits per heavy atom. The summed E-state index contributed by atoms with van der Waals surface area (Å²) in [6.07, 6.45) is 2.10. The van der Waals surface area contributed by atoms with E-state index in [4.69, 9.17) is 14.2 Å². The van der Waals surface area contributed by atoms with Gasteiger partial charge in [-0.3, -0.25) is 9.59 Å². The largest absolute Gasteiger partial charge is 0.493 e. The molecule has 2 saturated heterocycles. The van der Waals surface area contributed by atoms with Crippen LogP contribution in [0.15, 0.2) is 12.1 Å². The van der Waals surface area contributed by atoms with E-state index in [1.165, 1.54) is 21.3 Å². The Bertz CT molecular complexity index is 714. The van der Waals surface area contributed by atoms with Crippen LogP contribution in [-0.4, -0.2) is 70.8 Å². The Kier molecular flexibility index (Phi) is 7.98. The van der Waals surface area contributed by atoms with E-state index in [0.29, 0.717) is 29.5 Å². The van der Waals surface area contributed by atoms with Crippen LogP contribution < -0.4 is 24.4 Å². The summed E-state index contributed by atoms with van der Waals surface area (Å²) in [6.45, 7) is 2.19. The zero-order chi connectivity index (χ0) is 20.3. The fourth-order valence-corrected chi connectivity index (χ4v) is 4.01. The smallest absolute Gasteiger partial charge is 0.228 e. The van der Waals surface area contributed by atoms with Crippen LogP contribution in [0.25, 0.3) is 0 Å². The van der Waals surface area contributed by atoms with Crippen LogP contribution in [0.2, 0.25) is 0 Å². The number of nitrogens with zero attached hydrogens (tertiary/aromatic N) is 2. The Hall–Kier alpha value is -2.19. The third kappa shape index (κ3) is 4.70. The van der Waals surface area contributed by atoms with Crippen molar-refractivity contribution >= 4 is 29.9 Å². The molecule has 8 nitrogen and oxygen atoms in total. The normalized spacial score (nSPS) is 19.5. The number of rotatable bonds is 6. The molecule has 2 aliphatic rings. The van der Waals surface area contributed by atoms with E-state index < -0.39 is 0 Å². The maximum atomic E-state index is 13.0. The van der Waals surface area contributed by atoms with Crippen molar-refractivity contribution in [2.24, 2.45) is 5.92 Å². The summed E-state index contributed by atoms with van der Waals surface area (Å²) in [5, 5.41) is 3.31. The first-order chi connectivity index (χ1) is 13.5. The Labute approximate surface area is 177 Å². The van der Waals surface area contributed by atoms with Gasteiger partial charge < -0.3 is 29.3 Å². The van der Waals surface area contributed by atoms with E-state index in [9.17, 15) is 9.59 Å². The molecule has 2 amide bonds. The number of anilines is 1. The molecular formula is C20H30ClN3O5. The molecule has 2 heterocycles. The van der Waals surface area contributed by atoms with E-state index in [2.05, 4.69) is 5.32 Å². The van der Waals surface area contributed by atoms with Gasteiger partial charge in [-0.15, -0.1) is 12.4 Å². The molecule has 162 valence electrons. The number of hydrogen-bond donors (Lipinski definition) is 1. The Balaban J connectivity index is 0.00000300. The molecule has 3 rings (SSSR count). The van der Waals surface area contributed by atoms with Gasteiger partial charge in [-0.25, -0.2) is 0 Å². The van der Waals surface area contributed by atoms with Crippen molar-refractivity contribution in [1.29, 1.82) is 0 Å². The molecule has 2 aliphatic heterocycles. The summed E-state index contributed by atoms with van der Waals surface area (Å²) in [4.78, 5) is 29.1. The number of piperidine rings is 1. The zero-order valence-corrected chi connectivity index (χ0v) is 18.2. The number of carbonyl (C=O) groups is 2. The molecule has 1 aromatic rings. The minimum absolute atomic E-state index is 0. The molecule has 0 bridgehead atoms. The summed E-state index contributed by atoms with van der Waals surface area (Å²) >= 11 is 0. The highest BCUT2D eigenvalue weighted by Crippen LogP contribution is 2.42. The first-order valence-electron chi connectivity index (χ1n) is 9.57. The van der Waals surface area contributed by atoms with Gasteiger partial charge in [0.15, 0.2) is 11.5 Å². The maximum Gasteiger partial charge on any atom is 0.228 e. The van der Waals surface area contributed by atoms with Gasteiger partial charge in [-0.2, -0.15) is 0 Å². The lowest BCUT2D eigenvalue weighted by Crippen LogP contribution is -2.46. The molecule has 9 heteroatoms. The second kappa shape index (κ2) is 10.0. The predicted octanol–water partition coefficient (Wildman–Crippen LogP) is 1.70. The van der Waals surface area contributed by atoms with Crippen LogP contribution in [0.1, 0.15) is 19.3 Å². The van der Waals surface area contributed by atoms with Gasteiger partial charge in [-0.05, 0) is 25.9 Å². The second-order valence-electron chi connectivity index (χ2n) is 7.22. The third-order valence-electron chi connectivity index (χ3n) is 5.64. The van der Waals surface area contributed by atoms with Crippen molar-refractivity contribution in [2.45, 2.75) is 25.3 Å². The lowest BCUT2D eigenvalue weighted by molar-refractivity contribution is -0.137. The van der Waals surface area contributed by atoms with Crippen molar-refractivity contribution in [1.82, 2.24) is 10.2 Å². The topological polar surface area (TPSA) is 80.3 Å². The molecule has 1 unspecified atom stereocenters. The highest BCUT2D eigenvalue weighted by Gasteiger charge is 2.38. The standard InChI is InChI=1S/C20H29N3O5.ClH/c1-22(14-5-7-21-8-6-14)20(25)13-9-18(24)23(12-13)15-10-16(26-2)19(28-4)17(11-15)27-3;/h10-11,13-14,21H,5-9,12H2,1-4H3;1H. The lowest BCUT2D eigenvalue weighted by Gasteiger charge is -2.33. The number of halogens is 1. The molecule has 1 aromatic carbocycles. The first kappa shape index (κ1) is 23.1. The first-order valence-corrected chi connectivity index (χ1v) is 9.57. The summed E-state index contributed by atoms with van der Waals surface area (Å²) in [6, 6.07) is 3.71. The van der Waals surface area contributed by atoms with Crippen molar-refractivity contribution in [3.63, 3.8) is 0 Å². The lowest BCUT2D eigenvalue weighted by atomic mass is 10.0. The molecule has 0 saturated carbocycles. The van der Waals surface area contributed by atoms with E-state index in [1.54, 1.807) is 17.0 Å². The van der Waals surface area contributed by atoms with Crippen LogP contribution >= 0.6 is 12.4 Å². The number of hydrogen-bond acceptors (Lipinski definition) is 6. The maximum absolute atomic E-state index is 13.0. The van der Waals surface area contributed by atoms with Gasteiger partial charge in [0.2, 0.25) is 17.6 Å². The fourth-order valence-electron chi connectivity index (χ4n) is 4.01. The molecular weight excluding hydrogens is 398 g/mol. The molecule has 0 aliphatic carbocycles. The Morgan fingerprint density at radius 3 is 2.21 bits per heavy atom. The van der Waals surface area contributed by atoms with E-state index >= 15 is 0 Å². The summed E-state index contributed by atoms with van der Waals surface area (Å²) in [7, 11) is 6.46. The molecule has 1 N–H and O–H groups in total. The van der Waals surface area contributed by atoms with Gasteiger partial charge in [0.05, 0.1) is 32.9 Å². The molecule has 29 heavy (non-hydrogen) atoms. The van der Waals surface area contributed by atoms with Crippen molar-refractivity contribution < 1.29 is 23.8 Å². The van der Waals surface area contributed by atoms with Crippen molar-refractivity contribution in [3.05, 3.63) is 12.1 Å². The van der Waals surface area contributed by atoms with Gasteiger partial charge >= 0.3 is 0 Å². The average molecular weight is 428 g/mol. The monoisotopic (exact) mass is 427 g/mol. The van der Waals surface area contributed by atoms with Gasteiger partial charge in [0.1, 0.15) is 0 Å². The molecule has 0 aromatic heterocycles. The van der Waals surface area contributed by atoms with Gasteiger partial charge in [0, 0.05) is 38.2 Å². The highest BCUT2D eigenvalue weighted by atomic mass is 35.5. The quantitative estimate of drug-likeness (QED) is 0.744. The van der Waals surface area contributed by atoms with Gasteiger partial charge in [0.25, 0.3) is 0 Å². The number of amides is 2. The van der Waals surface area contributed by atoms with E-state index in [-0.39, 0.29) is 42.6 Å². The second-order valence-corrected chi connectivity index (χ2v) is 7.22. The number of methoxy groups -OCH3 is 3. The molecule has 2 fully saturated rings. The predicted molar refractivity (Wildman–Crippen MR) is 112 cm³/mol. The SMILES string of the molecule is COc1cc(N2CC(C(=O)N(C)C3CCNCC3)CC2=O)cc(OC)c1OC.Cl. The number of ether oxygens (including phenoxy) is 3. The van der Waals surface area contributed by atoms with Crippen molar-refractivity contribution in [2.75, 3.05) is 52.9 Å². The summed E-state index contributed by atoms with van der Waals surface area (Å²) < 4.78 is 16.1. The van der Waals surface area contributed by atoms with Crippen LogP contribution in [0, 0.1) is 5.92 Å². The number of benzene rings is 1. The zero-order valence-electron chi connectivity index (χ0n) is 17.4. The third-order valence-corrected chi connectivity index (χ3v) is 5.64. The molecule has 0 spiro atoms. The molecule has 0 radical (unpaired) electrons. The number of carbonyl (C=O) groups excluding carboxylic acids is 2. The van der Waals surface area contributed by atoms with Crippen LogP contribution in [0.4, 0.5) is 5.69 Å². The molecule has 1 atom stereocenters. The summed E-state index contributed by atoms with van der Waals surface area (Å²) in [5.41, 5.74) is 0.638. The minimum atomic E-state index is -0.341. The van der Waals surface area contributed by atoms with E-state index in [1.807, 2.05) is 11.9 Å². The van der Waals surface area contributed by atoms with E-state index in [0.717, 1.165) is 25.9 Å². The van der Waals surface area contributed by atoms with Crippen LogP contribution in [0.3, 0.4) is 0 Å². The highest BCUT2D eigenvalue weighted by molar-refractivity contribution is 6.00. The van der Waals surface area contributed by atoms with Crippen LogP contribution in [0.5, 0.6) is 17.2 Å². The average Bonchev–Trinajstić information content (AvgIpc) is 3.13. The Morgan fingerprint density at radius 1 is 1.10 bits per heavy atom. The summed E-state index contributed by atoms with van der Waals surface area (Å²) in [5.74, 6) is 1.05. The van der Waals surface area contributed by atoms with Gasteiger partial charge in [-0.1, -0.05) is 0 Å². The van der Waals surface area contributed by atoms with Crippen molar-refractivity contribution in [3.8, 4) is 17.2 Å². The minimum Gasteiger partial charge on any atom is -0.493 e. The number of nitrogens with one attached hydrogen (secondary N) is 1.